The molecule has 9 heteroatoms. The highest BCUT2D eigenvalue weighted by molar-refractivity contribution is 8.00. The molecule has 3 aromatic rings. The topological polar surface area (TPSA) is 102 Å². The van der Waals surface area contributed by atoms with E-state index in [9.17, 15) is 9.59 Å². The molecule has 0 unspecified atom stereocenters. The highest BCUT2D eigenvalue weighted by Gasteiger charge is 2.20. The van der Waals surface area contributed by atoms with Gasteiger partial charge in [-0.3, -0.25) is 9.59 Å². The Morgan fingerprint density at radius 3 is 2.31 bits per heavy atom. The molecule has 0 fully saturated rings. The lowest BCUT2D eigenvalue weighted by molar-refractivity contribution is -0.115. The van der Waals surface area contributed by atoms with Gasteiger partial charge in [-0.2, -0.15) is 4.68 Å². The Labute approximate surface area is 173 Å². The first kappa shape index (κ1) is 20.5. The van der Waals surface area contributed by atoms with Gasteiger partial charge in [0.2, 0.25) is 17.0 Å². The maximum atomic E-state index is 12.6. The third-order valence-electron chi connectivity index (χ3n) is 4.15. The number of thioether (sulfide) groups is 1. The van der Waals surface area contributed by atoms with Crippen LogP contribution < -0.4 is 10.6 Å². The van der Waals surface area contributed by atoms with Crippen LogP contribution in [0, 0.1) is 13.8 Å². The molecule has 2 amide bonds. The van der Waals surface area contributed by atoms with E-state index in [0.717, 1.165) is 16.8 Å². The number of aromatic nitrogens is 4. The van der Waals surface area contributed by atoms with Gasteiger partial charge in [-0.25, -0.2) is 0 Å². The first-order valence-corrected chi connectivity index (χ1v) is 9.92. The number of amides is 2. The first-order valence-electron chi connectivity index (χ1n) is 9.04. The molecule has 0 aliphatic rings. The maximum absolute atomic E-state index is 12.6. The Kier molecular flexibility index (Phi) is 6.28. The van der Waals surface area contributed by atoms with Gasteiger partial charge in [-0.1, -0.05) is 29.5 Å². The molecule has 0 saturated heterocycles. The van der Waals surface area contributed by atoms with Crippen molar-refractivity contribution in [3.05, 3.63) is 53.6 Å². The van der Waals surface area contributed by atoms with Gasteiger partial charge in [0, 0.05) is 18.3 Å². The van der Waals surface area contributed by atoms with Crippen molar-refractivity contribution in [2.24, 2.45) is 0 Å². The second-order valence-electron chi connectivity index (χ2n) is 6.67. The van der Waals surface area contributed by atoms with Crippen LogP contribution in [0.15, 0.2) is 47.6 Å². The molecule has 29 heavy (non-hydrogen) atoms. The fourth-order valence-electron chi connectivity index (χ4n) is 2.74. The summed E-state index contributed by atoms with van der Waals surface area (Å²) < 4.78 is 1.64. The SMILES string of the molecule is CC(=O)Nc1ccc(NC(=O)[C@H](C)Sc2nnnn2-c2ccc(C)cc2C)cc1. The van der Waals surface area contributed by atoms with Gasteiger partial charge in [0.05, 0.1) is 10.9 Å². The number of carbonyl (C=O) groups excluding carboxylic acids is 2. The summed E-state index contributed by atoms with van der Waals surface area (Å²) in [5.74, 6) is -0.314. The van der Waals surface area contributed by atoms with E-state index < -0.39 is 5.25 Å². The maximum Gasteiger partial charge on any atom is 0.237 e. The minimum absolute atomic E-state index is 0.145. The van der Waals surface area contributed by atoms with Crippen molar-refractivity contribution in [1.29, 1.82) is 0 Å². The molecule has 1 heterocycles. The van der Waals surface area contributed by atoms with Crippen LogP contribution in [-0.4, -0.2) is 37.3 Å². The molecule has 2 N–H and O–H groups in total. The average molecular weight is 411 g/mol. The van der Waals surface area contributed by atoms with E-state index in [1.165, 1.54) is 18.7 Å². The normalized spacial score (nSPS) is 11.7. The second-order valence-corrected chi connectivity index (χ2v) is 7.98. The summed E-state index contributed by atoms with van der Waals surface area (Å²) in [7, 11) is 0. The quantitative estimate of drug-likeness (QED) is 0.604. The van der Waals surface area contributed by atoms with Crippen LogP contribution in [0.3, 0.4) is 0 Å². The van der Waals surface area contributed by atoms with Crippen LogP contribution in [0.1, 0.15) is 25.0 Å². The number of hydrogen-bond donors (Lipinski definition) is 2. The number of nitrogens with one attached hydrogen (secondary N) is 2. The minimum atomic E-state index is -0.416. The van der Waals surface area contributed by atoms with E-state index in [4.69, 9.17) is 0 Å². The molecule has 0 saturated carbocycles. The monoisotopic (exact) mass is 410 g/mol. The first-order chi connectivity index (χ1) is 13.8. The van der Waals surface area contributed by atoms with Gasteiger partial charge < -0.3 is 10.6 Å². The van der Waals surface area contributed by atoms with Crippen LogP contribution in [0.2, 0.25) is 0 Å². The van der Waals surface area contributed by atoms with Crippen molar-refractivity contribution in [1.82, 2.24) is 20.2 Å². The average Bonchev–Trinajstić information content (AvgIpc) is 3.10. The smallest absolute Gasteiger partial charge is 0.237 e. The van der Waals surface area contributed by atoms with Crippen LogP contribution in [0.4, 0.5) is 11.4 Å². The highest BCUT2D eigenvalue weighted by Crippen LogP contribution is 2.25. The Morgan fingerprint density at radius 1 is 1.03 bits per heavy atom. The Balaban J connectivity index is 1.68. The van der Waals surface area contributed by atoms with Crippen LogP contribution in [0.5, 0.6) is 0 Å². The molecule has 8 nitrogen and oxygen atoms in total. The predicted molar refractivity (Wildman–Crippen MR) is 113 cm³/mol. The molecule has 0 aliphatic carbocycles. The van der Waals surface area contributed by atoms with E-state index in [1.807, 2.05) is 26.0 Å². The number of hydrogen-bond acceptors (Lipinski definition) is 6. The molecule has 3 rings (SSSR count). The third kappa shape index (κ3) is 5.20. The molecular formula is C20H22N6O2S. The largest absolute Gasteiger partial charge is 0.326 e. The standard InChI is InChI=1S/C20H22N6O2S/c1-12-5-10-18(13(2)11-12)26-20(23-24-25-26)29-14(3)19(28)22-17-8-6-16(7-9-17)21-15(4)27/h5-11,14H,1-4H3,(H,21,27)(H,22,28)/t14-/m0/s1. The number of tetrazole rings is 1. The van der Waals surface area contributed by atoms with Crippen molar-refractivity contribution >= 4 is 35.0 Å². The summed E-state index contributed by atoms with van der Waals surface area (Å²) >= 11 is 1.28. The summed E-state index contributed by atoms with van der Waals surface area (Å²) in [6.07, 6.45) is 0. The summed E-state index contributed by atoms with van der Waals surface area (Å²) in [4.78, 5) is 23.7. The summed E-state index contributed by atoms with van der Waals surface area (Å²) in [6, 6.07) is 13.0. The molecule has 2 aromatic carbocycles. The zero-order valence-electron chi connectivity index (χ0n) is 16.6. The Bertz CT molecular complexity index is 1030. The molecule has 0 aliphatic heterocycles. The Morgan fingerprint density at radius 2 is 1.69 bits per heavy atom. The zero-order chi connectivity index (χ0) is 21.0. The van der Waals surface area contributed by atoms with E-state index in [-0.39, 0.29) is 11.8 Å². The molecule has 1 aromatic heterocycles. The highest BCUT2D eigenvalue weighted by atomic mass is 32.2. The number of aryl methyl sites for hydroxylation is 2. The van der Waals surface area contributed by atoms with Gasteiger partial charge in [-0.05, 0) is 67.1 Å². The lowest BCUT2D eigenvalue weighted by atomic mass is 10.1. The summed E-state index contributed by atoms with van der Waals surface area (Å²) in [6.45, 7) is 7.27. The van der Waals surface area contributed by atoms with Crippen LogP contribution >= 0.6 is 11.8 Å². The van der Waals surface area contributed by atoms with Crippen molar-refractivity contribution in [2.75, 3.05) is 10.6 Å². The van der Waals surface area contributed by atoms with Gasteiger partial charge in [0.25, 0.3) is 0 Å². The molecule has 0 bridgehead atoms. The van der Waals surface area contributed by atoms with Gasteiger partial charge in [0.1, 0.15) is 0 Å². The molecule has 150 valence electrons. The van der Waals surface area contributed by atoms with Gasteiger partial charge in [0.15, 0.2) is 0 Å². The van der Waals surface area contributed by atoms with Crippen molar-refractivity contribution in [2.45, 2.75) is 38.1 Å². The lowest BCUT2D eigenvalue weighted by Gasteiger charge is -2.13. The van der Waals surface area contributed by atoms with E-state index in [1.54, 1.807) is 35.9 Å². The predicted octanol–water partition coefficient (Wildman–Crippen LogP) is 3.36. The number of nitrogens with zero attached hydrogens (tertiary/aromatic N) is 4. The summed E-state index contributed by atoms with van der Waals surface area (Å²) in [5.41, 5.74) is 4.40. The fraction of sp³-hybridized carbons (Fsp3) is 0.250. The molecule has 0 radical (unpaired) electrons. The third-order valence-corrected chi connectivity index (χ3v) is 5.18. The molecule has 1 atom stereocenters. The number of rotatable bonds is 6. The zero-order valence-corrected chi connectivity index (χ0v) is 17.4. The minimum Gasteiger partial charge on any atom is -0.326 e. The van der Waals surface area contributed by atoms with E-state index >= 15 is 0 Å². The fourth-order valence-corrected chi connectivity index (χ4v) is 3.54. The van der Waals surface area contributed by atoms with Crippen LogP contribution in [-0.2, 0) is 9.59 Å². The van der Waals surface area contributed by atoms with Gasteiger partial charge in [-0.15, -0.1) is 5.10 Å². The molecular weight excluding hydrogens is 388 g/mol. The van der Waals surface area contributed by atoms with Crippen molar-refractivity contribution < 1.29 is 9.59 Å². The van der Waals surface area contributed by atoms with Crippen LogP contribution in [0.25, 0.3) is 5.69 Å². The van der Waals surface area contributed by atoms with Crippen molar-refractivity contribution in [3.8, 4) is 5.69 Å². The van der Waals surface area contributed by atoms with Crippen molar-refractivity contribution in [3.63, 3.8) is 0 Å². The summed E-state index contributed by atoms with van der Waals surface area (Å²) in [5, 5.41) is 17.6. The van der Waals surface area contributed by atoms with Gasteiger partial charge >= 0.3 is 0 Å². The number of anilines is 2. The van der Waals surface area contributed by atoms with E-state index in [0.29, 0.717) is 16.5 Å². The number of carbonyl (C=O) groups is 2. The Hall–Kier alpha value is -3.20. The number of benzene rings is 2. The second kappa shape index (κ2) is 8.87. The van der Waals surface area contributed by atoms with E-state index in [2.05, 4.69) is 32.2 Å². The molecule has 0 spiro atoms. The lowest BCUT2D eigenvalue weighted by Crippen LogP contribution is -2.23.